The Labute approximate surface area is 66.5 Å². The molecular formula is C9H12N2. The first-order chi connectivity index (χ1) is 5.38. The van der Waals surface area contributed by atoms with Crippen molar-refractivity contribution in [3.63, 3.8) is 0 Å². The Balaban J connectivity index is 2.29. The maximum Gasteiger partial charge on any atom is 0.0523 e. The third-order valence-corrected chi connectivity index (χ3v) is 2.18. The lowest BCUT2D eigenvalue weighted by Gasteiger charge is -2.28. The first kappa shape index (κ1) is 6.68. The van der Waals surface area contributed by atoms with Gasteiger partial charge in [-0.25, -0.2) is 0 Å². The van der Waals surface area contributed by atoms with Gasteiger partial charge in [0.25, 0.3) is 0 Å². The number of allylic oxidation sites excluding steroid dienone is 2. The SMILES string of the molecule is NC1C=CCC2NC=CC=C12. The number of fused-ring (bicyclic) bond motifs is 1. The predicted octanol–water partition coefficient (Wildman–Crippen LogP) is 0.685. The van der Waals surface area contributed by atoms with Crippen LogP contribution in [-0.2, 0) is 0 Å². The van der Waals surface area contributed by atoms with E-state index in [0.717, 1.165) is 6.42 Å². The van der Waals surface area contributed by atoms with Crippen molar-refractivity contribution in [3.05, 3.63) is 36.1 Å². The van der Waals surface area contributed by atoms with Gasteiger partial charge in [-0.15, -0.1) is 0 Å². The third-order valence-electron chi connectivity index (χ3n) is 2.18. The molecule has 2 unspecified atom stereocenters. The molecule has 0 saturated heterocycles. The molecule has 2 atom stereocenters. The van der Waals surface area contributed by atoms with Gasteiger partial charge < -0.3 is 11.1 Å². The molecule has 0 fully saturated rings. The normalized spacial score (nSPS) is 34.1. The monoisotopic (exact) mass is 148 g/mol. The molecule has 11 heavy (non-hydrogen) atoms. The fourth-order valence-electron chi connectivity index (χ4n) is 1.56. The second-order valence-electron chi connectivity index (χ2n) is 2.93. The van der Waals surface area contributed by atoms with Crippen molar-refractivity contribution in [1.29, 1.82) is 0 Å². The molecule has 2 aliphatic rings. The van der Waals surface area contributed by atoms with Gasteiger partial charge in [-0.05, 0) is 24.3 Å². The summed E-state index contributed by atoms with van der Waals surface area (Å²) in [7, 11) is 0. The van der Waals surface area contributed by atoms with Crippen LogP contribution in [-0.4, -0.2) is 12.1 Å². The highest BCUT2D eigenvalue weighted by molar-refractivity contribution is 5.33. The second-order valence-corrected chi connectivity index (χ2v) is 2.93. The maximum absolute atomic E-state index is 5.86. The average Bonchev–Trinajstić information content (AvgIpc) is 2.06. The molecular weight excluding hydrogens is 136 g/mol. The van der Waals surface area contributed by atoms with Gasteiger partial charge in [0.05, 0.1) is 6.04 Å². The Kier molecular flexibility index (Phi) is 1.55. The van der Waals surface area contributed by atoms with Crippen LogP contribution in [0.25, 0.3) is 0 Å². The first-order valence-electron chi connectivity index (χ1n) is 3.93. The first-order valence-corrected chi connectivity index (χ1v) is 3.93. The minimum Gasteiger partial charge on any atom is -0.384 e. The molecule has 0 aromatic rings. The maximum atomic E-state index is 5.86. The summed E-state index contributed by atoms with van der Waals surface area (Å²) in [5, 5.41) is 3.27. The average molecular weight is 148 g/mol. The second kappa shape index (κ2) is 2.55. The standard InChI is InChI=1S/C9H12N2/c10-8-4-1-5-9-7(8)3-2-6-11-9/h1-4,6,8-9,11H,5,10H2. The summed E-state index contributed by atoms with van der Waals surface area (Å²) in [5.74, 6) is 0. The van der Waals surface area contributed by atoms with Crippen molar-refractivity contribution in [2.45, 2.75) is 18.5 Å². The van der Waals surface area contributed by atoms with E-state index in [0.29, 0.717) is 6.04 Å². The zero-order valence-corrected chi connectivity index (χ0v) is 6.33. The topological polar surface area (TPSA) is 38.0 Å². The molecule has 0 amide bonds. The Hall–Kier alpha value is -1.02. The van der Waals surface area contributed by atoms with E-state index in [4.69, 9.17) is 5.73 Å². The van der Waals surface area contributed by atoms with Gasteiger partial charge in [0.2, 0.25) is 0 Å². The molecule has 3 N–H and O–H groups in total. The molecule has 58 valence electrons. The lowest BCUT2D eigenvalue weighted by Crippen LogP contribution is -2.38. The lowest BCUT2D eigenvalue weighted by molar-refractivity contribution is 0.611. The van der Waals surface area contributed by atoms with E-state index < -0.39 is 0 Å². The third kappa shape index (κ3) is 1.10. The van der Waals surface area contributed by atoms with Crippen molar-refractivity contribution in [1.82, 2.24) is 5.32 Å². The molecule has 0 bridgehead atoms. The fourth-order valence-corrected chi connectivity index (χ4v) is 1.56. The zero-order chi connectivity index (χ0) is 7.68. The smallest absolute Gasteiger partial charge is 0.0523 e. The van der Waals surface area contributed by atoms with Crippen LogP contribution in [0.1, 0.15) is 6.42 Å². The summed E-state index contributed by atoms with van der Waals surface area (Å²) in [6, 6.07) is 0.561. The number of dihydropyridines is 1. The van der Waals surface area contributed by atoms with Gasteiger partial charge in [0.15, 0.2) is 0 Å². The van der Waals surface area contributed by atoms with Crippen molar-refractivity contribution < 1.29 is 0 Å². The highest BCUT2D eigenvalue weighted by Crippen LogP contribution is 2.19. The fraction of sp³-hybridized carbons (Fsp3) is 0.333. The predicted molar refractivity (Wildman–Crippen MR) is 45.9 cm³/mol. The number of nitrogens with one attached hydrogen (secondary N) is 1. The van der Waals surface area contributed by atoms with Crippen LogP contribution in [0.4, 0.5) is 0 Å². The van der Waals surface area contributed by atoms with Gasteiger partial charge in [-0.1, -0.05) is 18.2 Å². The molecule has 1 aliphatic carbocycles. The summed E-state index contributed by atoms with van der Waals surface area (Å²) < 4.78 is 0. The Morgan fingerprint density at radius 1 is 1.55 bits per heavy atom. The quantitative estimate of drug-likeness (QED) is 0.496. The van der Waals surface area contributed by atoms with Crippen LogP contribution in [0.2, 0.25) is 0 Å². The Morgan fingerprint density at radius 3 is 3.27 bits per heavy atom. The van der Waals surface area contributed by atoms with Crippen LogP contribution in [0.15, 0.2) is 36.1 Å². The van der Waals surface area contributed by atoms with Gasteiger partial charge in [0, 0.05) is 6.04 Å². The van der Waals surface area contributed by atoms with E-state index in [2.05, 4.69) is 23.5 Å². The van der Waals surface area contributed by atoms with Crippen LogP contribution in [0, 0.1) is 0 Å². The minimum atomic E-state index is 0.117. The largest absolute Gasteiger partial charge is 0.384 e. The molecule has 0 spiro atoms. The van der Waals surface area contributed by atoms with Crippen molar-refractivity contribution >= 4 is 0 Å². The molecule has 0 aromatic heterocycles. The molecule has 0 aromatic carbocycles. The van der Waals surface area contributed by atoms with Gasteiger partial charge >= 0.3 is 0 Å². The van der Waals surface area contributed by atoms with Crippen LogP contribution < -0.4 is 11.1 Å². The number of hydrogen-bond donors (Lipinski definition) is 2. The molecule has 0 radical (unpaired) electrons. The molecule has 2 heteroatoms. The van der Waals surface area contributed by atoms with Crippen LogP contribution in [0.5, 0.6) is 0 Å². The number of rotatable bonds is 0. The lowest BCUT2D eigenvalue weighted by atomic mass is 9.90. The zero-order valence-electron chi connectivity index (χ0n) is 6.33. The highest BCUT2D eigenvalue weighted by atomic mass is 14.9. The van der Waals surface area contributed by atoms with E-state index in [9.17, 15) is 0 Å². The molecule has 2 rings (SSSR count). The molecule has 1 heterocycles. The van der Waals surface area contributed by atoms with Gasteiger partial charge in [-0.2, -0.15) is 0 Å². The number of hydrogen-bond acceptors (Lipinski definition) is 2. The van der Waals surface area contributed by atoms with Crippen LogP contribution >= 0.6 is 0 Å². The minimum absolute atomic E-state index is 0.117. The number of nitrogens with two attached hydrogens (primary N) is 1. The summed E-state index contributed by atoms with van der Waals surface area (Å²) in [5.41, 5.74) is 7.16. The summed E-state index contributed by atoms with van der Waals surface area (Å²) in [4.78, 5) is 0. The van der Waals surface area contributed by atoms with E-state index in [1.54, 1.807) is 0 Å². The van der Waals surface area contributed by atoms with Crippen molar-refractivity contribution in [2.24, 2.45) is 5.73 Å². The van der Waals surface area contributed by atoms with Gasteiger partial charge in [-0.3, -0.25) is 0 Å². The summed E-state index contributed by atoms with van der Waals surface area (Å²) >= 11 is 0. The van der Waals surface area contributed by atoms with Crippen molar-refractivity contribution in [2.75, 3.05) is 0 Å². The molecule has 1 aliphatic heterocycles. The highest BCUT2D eigenvalue weighted by Gasteiger charge is 2.20. The molecule has 0 saturated carbocycles. The Bertz CT molecular complexity index is 238. The van der Waals surface area contributed by atoms with Crippen molar-refractivity contribution in [3.8, 4) is 0 Å². The van der Waals surface area contributed by atoms with E-state index in [1.165, 1.54) is 5.57 Å². The van der Waals surface area contributed by atoms with Crippen LogP contribution in [0.3, 0.4) is 0 Å². The molecule has 2 nitrogen and oxygen atoms in total. The van der Waals surface area contributed by atoms with E-state index >= 15 is 0 Å². The Morgan fingerprint density at radius 2 is 2.45 bits per heavy atom. The summed E-state index contributed by atoms with van der Waals surface area (Å²) in [6.45, 7) is 0. The van der Waals surface area contributed by atoms with Gasteiger partial charge in [0.1, 0.15) is 0 Å². The van der Waals surface area contributed by atoms with E-state index in [1.807, 2.05) is 12.3 Å². The summed E-state index contributed by atoms with van der Waals surface area (Å²) in [6.07, 6.45) is 11.3. The van der Waals surface area contributed by atoms with E-state index in [-0.39, 0.29) is 6.04 Å².